The monoisotopic (exact) mass is 265 g/mol. The Morgan fingerprint density at radius 2 is 2.22 bits per heavy atom. The van der Waals surface area contributed by atoms with Crippen LogP contribution >= 0.6 is 11.8 Å². The van der Waals surface area contributed by atoms with Crippen molar-refractivity contribution < 1.29 is 5.11 Å². The summed E-state index contributed by atoms with van der Waals surface area (Å²) in [4.78, 5) is 1.39. The van der Waals surface area contributed by atoms with Gasteiger partial charge >= 0.3 is 0 Å². The summed E-state index contributed by atoms with van der Waals surface area (Å²) in [5.41, 5.74) is 2.31. The second kappa shape index (κ2) is 5.64. The normalized spacial score (nSPS) is 17.3. The average Bonchev–Trinajstić information content (AvgIpc) is 2.37. The van der Waals surface area contributed by atoms with E-state index in [0.717, 1.165) is 18.5 Å². The van der Waals surface area contributed by atoms with Gasteiger partial charge in [0.15, 0.2) is 0 Å². The molecular weight excluding hydrogens is 242 g/mol. The molecule has 1 unspecified atom stereocenters. The van der Waals surface area contributed by atoms with Crippen LogP contribution in [0, 0.1) is 5.41 Å². The Balaban J connectivity index is 2.23. The fourth-order valence-electron chi connectivity index (χ4n) is 2.55. The number of hydrogen-bond acceptors (Lipinski definition) is 3. The van der Waals surface area contributed by atoms with Crippen LogP contribution in [0.1, 0.15) is 37.5 Å². The molecule has 0 bridgehead atoms. The van der Waals surface area contributed by atoms with E-state index in [1.807, 2.05) is 18.8 Å². The maximum atomic E-state index is 10.5. The molecule has 0 radical (unpaired) electrons. The largest absolute Gasteiger partial charge is 0.388 e. The lowest BCUT2D eigenvalue weighted by molar-refractivity contribution is 0.0505. The van der Waals surface area contributed by atoms with E-state index >= 15 is 0 Å². The quantitative estimate of drug-likeness (QED) is 0.878. The highest BCUT2D eigenvalue weighted by Gasteiger charge is 2.29. The Hall–Kier alpha value is -0.510. The third kappa shape index (κ3) is 2.90. The molecule has 3 heteroatoms. The molecule has 0 fully saturated rings. The van der Waals surface area contributed by atoms with Crippen molar-refractivity contribution in [3.63, 3.8) is 0 Å². The lowest BCUT2D eigenvalue weighted by Gasteiger charge is -2.31. The first-order chi connectivity index (χ1) is 8.54. The molecule has 2 rings (SSSR count). The van der Waals surface area contributed by atoms with Crippen LogP contribution in [0.2, 0.25) is 0 Å². The van der Waals surface area contributed by atoms with Gasteiger partial charge in [-0.2, -0.15) is 0 Å². The Morgan fingerprint density at radius 1 is 1.44 bits per heavy atom. The molecule has 18 heavy (non-hydrogen) atoms. The second-order valence-corrected chi connectivity index (χ2v) is 6.88. The maximum Gasteiger partial charge on any atom is 0.0853 e. The van der Waals surface area contributed by atoms with E-state index in [4.69, 9.17) is 0 Å². The molecule has 0 saturated heterocycles. The van der Waals surface area contributed by atoms with Crippen LogP contribution in [0.3, 0.4) is 0 Å². The van der Waals surface area contributed by atoms with Gasteiger partial charge in [-0.3, -0.25) is 0 Å². The lowest BCUT2D eigenvalue weighted by Crippen LogP contribution is -2.32. The summed E-state index contributed by atoms with van der Waals surface area (Å²) in [5.74, 6) is 1.22. The second-order valence-electron chi connectivity index (χ2n) is 5.74. The molecule has 1 aromatic carbocycles. The van der Waals surface area contributed by atoms with Crippen molar-refractivity contribution >= 4 is 11.8 Å². The van der Waals surface area contributed by atoms with Crippen LogP contribution in [0.25, 0.3) is 0 Å². The molecular formula is C15H23NOS. The smallest absolute Gasteiger partial charge is 0.0853 e. The van der Waals surface area contributed by atoms with Crippen LogP contribution < -0.4 is 5.32 Å². The van der Waals surface area contributed by atoms with Gasteiger partial charge in [0.1, 0.15) is 0 Å². The van der Waals surface area contributed by atoms with Crippen molar-refractivity contribution in [2.24, 2.45) is 5.41 Å². The van der Waals surface area contributed by atoms with Gasteiger partial charge < -0.3 is 10.4 Å². The van der Waals surface area contributed by atoms with E-state index < -0.39 is 6.10 Å². The summed E-state index contributed by atoms with van der Waals surface area (Å²) in [6, 6.07) is 6.45. The predicted molar refractivity (Wildman–Crippen MR) is 78.2 cm³/mol. The summed E-state index contributed by atoms with van der Waals surface area (Å²) < 4.78 is 0. The molecule has 0 aromatic heterocycles. The lowest BCUT2D eigenvalue weighted by atomic mass is 9.82. The van der Waals surface area contributed by atoms with Crippen LogP contribution in [0.5, 0.6) is 0 Å². The highest BCUT2D eigenvalue weighted by atomic mass is 32.2. The van der Waals surface area contributed by atoms with E-state index in [2.05, 4.69) is 37.4 Å². The fourth-order valence-corrected chi connectivity index (χ4v) is 3.57. The first-order valence-electron chi connectivity index (χ1n) is 6.63. The third-order valence-electron chi connectivity index (χ3n) is 3.62. The van der Waals surface area contributed by atoms with E-state index in [0.29, 0.717) is 0 Å². The van der Waals surface area contributed by atoms with Gasteiger partial charge in [-0.25, -0.2) is 0 Å². The van der Waals surface area contributed by atoms with Gasteiger partial charge in [-0.1, -0.05) is 26.0 Å². The Bertz CT molecular complexity index is 417. The van der Waals surface area contributed by atoms with Gasteiger partial charge in [0.05, 0.1) is 6.10 Å². The van der Waals surface area contributed by atoms with Gasteiger partial charge in [0, 0.05) is 16.9 Å². The Labute approximate surface area is 114 Å². The highest BCUT2D eigenvalue weighted by Crippen LogP contribution is 2.36. The van der Waals surface area contributed by atoms with Crippen molar-refractivity contribution in [2.75, 3.05) is 19.3 Å². The van der Waals surface area contributed by atoms with Crippen molar-refractivity contribution in [3.8, 4) is 0 Å². The Kier molecular flexibility index (Phi) is 4.36. The third-order valence-corrected chi connectivity index (χ3v) is 4.82. The standard InChI is InChI=1S/C15H23NOS/c1-15(2,10-16-3)14(17)12-6-7-13-11(9-12)5-4-8-18-13/h6-7,9,14,16-17H,4-5,8,10H2,1-3H3. The first-order valence-corrected chi connectivity index (χ1v) is 7.61. The zero-order valence-electron chi connectivity index (χ0n) is 11.5. The molecule has 2 nitrogen and oxygen atoms in total. The highest BCUT2D eigenvalue weighted by molar-refractivity contribution is 7.99. The van der Waals surface area contributed by atoms with E-state index in [1.165, 1.54) is 22.6 Å². The molecule has 1 aliphatic rings. The predicted octanol–water partition coefficient (Wildman–Crippen LogP) is 3.00. The average molecular weight is 265 g/mol. The van der Waals surface area contributed by atoms with Crippen molar-refractivity contribution in [1.29, 1.82) is 0 Å². The molecule has 100 valence electrons. The maximum absolute atomic E-state index is 10.5. The SMILES string of the molecule is CNCC(C)(C)C(O)c1ccc2c(c1)CCCS2. The Morgan fingerprint density at radius 3 is 2.94 bits per heavy atom. The number of aryl methyl sites for hydroxylation is 1. The summed E-state index contributed by atoms with van der Waals surface area (Å²) in [7, 11) is 1.93. The summed E-state index contributed by atoms with van der Waals surface area (Å²) in [6.45, 7) is 5.00. The van der Waals surface area contributed by atoms with Crippen LogP contribution in [-0.4, -0.2) is 24.5 Å². The molecule has 1 aromatic rings. The molecule has 0 aliphatic carbocycles. The number of rotatable bonds is 4. The minimum absolute atomic E-state index is 0.148. The molecule has 0 spiro atoms. The van der Waals surface area contributed by atoms with Crippen molar-refractivity contribution in [2.45, 2.75) is 37.7 Å². The van der Waals surface area contributed by atoms with Gasteiger partial charge in [-0.05, 0) is 42.8 Å². The minimum atomic E-state index is -0.415. The fraction of sp³-hybridized carbons (Fsp3) is 0.600. The number of aliphatic hydroxyl groups is 1. The first kappa shape index (κ1) is 13.9. The van der Waals surface area contributed by atoms with Crippen molar-refractivity contribution in [3.05, 3.63) is 29.3 Å². The van der Waals surface area contributed by atoms with Gasteiger partial charge in [0.25, 0.3) is 0 Å². The minimum Gasteiger partial charge on any atom is -0.388 e. The number of nitrogens with one attached hydrogen (secondary N) is 1. The number of fused-ring (bicyclic) bond motifs is 1. The zero-order chi connectivity index (χ0) is 13.2. The molecule has 0 amide bonds. The van der Waals surface area contributed by atoms with Crippen LogP contribution in [-0.2, 0) is 6.42 Å². The van der Waals surface area contributed by atoms with E-state index in [1.54, 1.807) is 0 Å². The van der Waals surface area contributed by atoms with Crippen molar-refractivity contribution in [1.82, 2.24) is 5.32 Å². The van der Waals surface area contributed by atoms with Crippen LogP contribution in [0.4, 0.5) is 0 Å². The number of benzene rings is 1. The molecule has 2 N–H and O–H groups in total. The summed E-state index contributed by atoms with van der Waals surface area (Å²) >= 11 is 1.93. The molecule has 1 heterocycles. The molecule has 1 atom stereocenters. The molecule has 0 saturated carbocycles. The molecule has 1 aliphatic heterocycles. The topological polar surface area (TPSA) is 32.3 Å². The van der Waals surface area contributed by atoms with Gasteiger partial charge in [-0.15, -0.1) is 11.8 Å². The van der Waals surface area contributed by atoms with E-state index in [9.17, 15) is 5.11 Å². The number of aliphatic hydroxyl groups excluding tert-OH is 1. The zero-order valence-corrected chi connectivity index (χ0v) is 12.3. The van der Waals surface area contributed by atoms with E-state index in [-0.39, 0.29) is 5.41 Å². The number of thioether (sulfide) groups is 1. The van der Waals surface area contributed by atoms with Crippen LogP contribution in [0.15, 0.2) is 23.1 Å². The number of hydrogen-bond donors (Lipinski definition) is 2. The van der Waals surface area contributed by atoms with Gasteiger partial charge in [0.2, 0.25) is 0 Å². The summed E-state index contributed by atoms with van der Waals surface area (Å²) in [5, 5.41) is 13.7. The summed E-state index contributed by atoms with van der Waals surface area (Å²) in [6.07, 6.45) is 1.98.